The van der Waals surface area contributed by atoms with Crippen molar-refractivity contribution in [3.63, 3.8) is 0 Å². The lowest BCUT2D eigenvalue weighted by molar-refractivity contribution is 0.0619. The largest absolute Gasteiger partial charge is 0.396 e. The number of nitrogens with zero attached hydrogens (tertiary/aromatic N) is 2. The summed E-state index contributed by atoms with van der Waals surface area (Å²) in [5.41, 5.74) is 7.66. The average molecular weight is 277 g/mol. The number of aliphatic hydroxyl groups is 1. The van der Waals surface area contributed by atoms with Gasteiger partial charge in [-0.1, -0.05) is 13.3 Å². The third-order valence-corrected chi connectivity index (χ3v) is 4.42. The zero-order valence-electron chi connectivity index (χ0n) is 12.4. The lowest BCUT2D eigenvalue weighted by atomic mass is 9.90. The summed E-state index contributed by atoms with van der Waals surface area (Å²) in [5.74, 6) is 0. The Hall–Kier alpha value is -0.970. The highest BCUT2D eigenvalue weighted by molar-refractivity contribution is 5.18. The third-order valence-electron chi connectivity index (χ3n) is 4.42. The monoisotopic (exact) mass is 277 g/mol. The topological polar surface area (TPSA) is 62.4 Å². The molecule has 1 aliphatic heterocycles. The lowest BCUT2D eigenvalue weighted by Gasteiger charge is -2.43. The summed E-state index contributed by atoms with van der Waals surface area (Å²) < 4.78 is 0. The molecule has 2 heterocycles. The predicted molar refractivity (Wildman–Crippen MR) is 81.3 cm³/mol. The van der Waals surface area contributed by atoms with Gasteiger partial charge < -0.3 is 10.8 Å². The quantitative estimate of drug-likeness (QED) is 0.836. The Balaban J connectivity index is 2.25. The molecule has 3 N–H and O–H groups in total. The van der Waals surface area contributed by atoms with Crippen LogP contribution in [-0.4, -0.2) is 40.2 Å². The summed E-state index contributed by atoms with van der Waals surface area (Å²) in [6.07, 6.45) is 9.13. The smallest absolute Gasteiger partial charge is 0.0503 e. The van der Waals surface area contributed by atoms with Crippen molar-refractivity contribution in [1.82, 2.24) is 9.88 Å². The normalized spacial score (nSPS) is 23.4. The molecule has 3 unspecified atom stereocenters. The van der Waals surface area contributed by atoms with Crippen molar-refractivity contribution < 1.29 is 5.11 Å². The number of hydrogen-bond acceptors (Lipinski definition) is 4. The van der Waals surface area contributed by atoms with Gasteiger partial charge in [-0.2, -0.15) is 0 Å². The molecule has 0 spiro atoms. The van der Waals surface area contributed by atoms with Crippen LogP contribution < -0.4 is 5.73 Å². The van der Waals surface area contributed by atoms with Gasteiger partial charge in [-0.15, -0.1) is 0 Å². The molecule has 4 heteroatoms. The molecule has 0 bridgehead atoms. The first kappa shape index (κ1) is 15.4. The number of piperidine rings is 1. The van der Waals surface area contributed by atoms with Gasteiger partial charge in [-0.05, 0) is 49.9 Å². The minimum atomic E-state index is 0.122. The van der Waals surface area contributed by atoms with Crippen LogP contribution >= 0.6 is 0 Å². The molecule has 4 nitrogen and oxygen atoms in total. The van der Waals surface area contributed by atoms with Crippen LogP contribution in [0.2, 0.25) is 0 Å². The van der Waals surface area contributed by atoms with Crippen LogP contribution in [0.5, 0.6) is 0 Å². The van der Waals surface area contributed by atoms with E-state index in [1.54, 1.807) is 0 Å². The molecule has 1 aliphatic rings. The molecule has 20 heavy (non-hydrogen) atoms. The lowest BCUT2D eigenvalue weighted by Crippen LogP contribution is -2.48. The summed E-state index contributed by atoms with van der Waals surface area (Å²) >= 11 is 0. The molecule has 1 aromatic rings. The van der Waals surface area contributed by atoms with Crippen LogP contribution in [0.25, 0.3) is 0 Å². The molecule has 3 atom stereocenters. The Kier molecular flexibility index (Phi) is 5.95. The number of likely N-dealkylation sites (tertiary alicyclic amines) is 1. The van der Waals surface area contributed by atoms with Crippen molar-refractivity contribution in [1.29, 1.82) is 0 Å². The molecule has 1 fully saturated rings. The van der Waals surface area contributed by atoms with Gasteiger partial charge in [-0.3, -0.25) is 9.88 Å². The van der Waals surface area contributed by atoms with Crippen LogP contribution in [-0.2, 0) is 0 Å². The molecule has 0 radical (unpaired) electrons. The highest BCUT2D eigenvalue weighted by Gasteiger charge is 2.32. The molecular formula is C16H27N3O. The van der Waals surface area contributed by atoms with Gasteiger partial charge in [0.2, 0.25) is 0 Å². The Labute approximate surface area is 122 Å². The van der Waals surface area contributed by atoms with Crippen molar-refractivity contribution in [3.05, 3.63) is 30.1 Å². The van der Waals surface area contributed by atoms with Crippen LogP contribution in [0, 0.1) is 0 Å². The first-order valence-electron chi connectivity index (χ1n) is 7.80. The maximum Gasteiger partial charge on any atom is 0.0503 e. The first-order valence-corrected chi connectivity index (χ1v) is 7.80. The molecule has 0 saturated carbocycles. The van der Waals surface area contributed by atoms with E-state index in [-0.39, 0.29) is 18.7 Å². The van der Waals surface area contributed by atoms with Crippen LogP contribution in [0.1, 0.15) is 50.6 Å². The van der Waals surface area contributed by atoms with E-state index in [2.05, 4.69) is 28.9 Å². The molecule has 0 aliphatic carbocycles. The number of nitrogens with two attached hydrogens (primary N) is 1. The van der Waals surface area contributed by atoms with Gasteiger partial charge >= 0.3 is 0 Å². The second-order valence-corrected chi connectivity index (χ2v) is 5.70. The van der Waals surface area contributed by atoms with Gasteiger partial charge in [0.05, 0.1) is 6.04 Å². The fourth-order valence-electron chi connectivity index (χ4n) is 3.32. The zero-order chi connectivity index (χ0) is 14.4. The van der Waals surface area contributed by atoms with Crippen LogP contribution in [0.4, 0.5) is 0 Å². The Morgan fingerprint density at radius 3 is 2.80 bits per heavy atom. The van der Waals surface area contributed by atoms with E-state index in [0.717, 1.165) is 19.4 Å². The highest BCUT2D eigenvalue weighted by atomic mass is 16.3. The standard InChI is InChI=1S/C16H27N3O/c1-2-15(17)16(13-6-9-18-10-7-13)19-11-4-3-5-14(19)8-12-20/h6-7,9-10,14-16,20H,2-5,8,11-12,17H2,1H3. The fourth-order valence-corrected chi connectivity index (χ4v) is 3.32. The maximum atomic E-state index is 9.32. The molecule has 112 valence electrons. The van der Waals surface area contributed by atoms with Crippen molar-refractivity contribution in [2.24, 2.45) is 5.73 Å². The minimum absolute atomic E-state index is 0.122. The van der Waals surface area contributed by atoms with Gasteiger partial charge in [-0.25, -0.2) is 0 Å². The zero-order valence-corrected chi connectivity index (χ0v) is 12.4. The number of pyridine rings is 1. The van der Waals surface area contributed by atoms with Crippen molar-refractivity contribution in [3.8, 4) is 0 Å². The van der Waals surface area contributed by atoms with Crippen molar-refractivity contribution in [2.45, 2.75) is 57.2 Å². The minimum Gasteiger partial charge on any atom is -0.396 e. The molecular weight excluding hydrogens is 250 g/mol. The summed E-state index contributed by atoms with van der Waals surface area (Å²) in [4.78, 5) is 6.63. The SMILES string of the molecule is CCC(N)C(c1ccncc1)N1CCCCC1CCO. The molecule has 2 rings (SSSR count). The molecule has 1 saturated heterocycles. The van der Waals surface area contributed by atoms with Crippen LogP contribution in [0.3, 0.4) is 0 Å². The van der Waals surface area contributed by atoms with E-state index in [9.17, 15) is 5.11 Å². The fraction of sp³-hybridized carbons (Fsp3) is 0.688. The van der Waals surface area contributed by atoms with E-state index in [1.165, 1.54) is 24.8 Å². The first-order chi connectivity index (χ1) is 9.77. The van der Waals surface area contributed by atoms with E-state index >= 15 is 0 Å². The molecule has 0 amide bonds. The van der Waals surface area contributed by atoms with Gasteiger partial charge in [0, 0.05) is 31.1 Å². The molecule has 0 aromatic carbocycles. The average Bonchev–Trinajstić information content (AvgIpc) is 2.50. The second kappa shape index (κ2) is 7.72. The van der Waals surface area contributed by atoms with Gasteiger partial charge in [0.1, 0.15) is 0 Å². The predicted octanol–water partition coefficient (Wildman–Crippen LogP) is 2.10. The van der Waals surface area contributed by atoms with Crippen molar-refractivity contribution >= 4 is 0 Å². The Morgan fingerprint density at radius 1 is 1.40 bits per heavy atom. The number of aliphatic hydroxyl groups excluding tert-OH is 1. The molecule has 1 aromatic heterocycles. The highest BCUT2D eigenvalue weighted by Crippen LogP contribution is 2.32. The summed E-state index contributed by atoms with van der Waals surface area (Å²) in [6, 6.07) is 4.95. The third kappa shape index (κ3) is 3.57. The van der Waals surface area contributed by atoms with E-state index in [0.29, 0.717) is 6.04 Å². The number of hydrogen-bond donors (Lipinski definition) is 2. The number of rotatable bonds is 6. The summed E-state index contributed by atoms with van der Waals surface area (Å²) in [5, 5.41) is 9.32. The second-order valence-electron chi connectivity index (χ2n) is 5.70. The number of aromatic nitrogens is 1. The van der Waals surface area contributed by atoms with Gasteiger partial charge in [0.15, 0.2) is 0 Å². The summed E-state index contributed by atoms with van der Waals surface area (Å²) in [7, 11) is 0. The van der Waals surface area contributed by atoms with E-state index in [4.69, 9.17) is 5.73 Å². The van der Waals surface area contributed by atoms with E-state index in [1.807, 2.05) is 12.4 Å². The Bertz CT molecular complexity index is 383. The van der Waals surface area contributed by atoms with E-state index < -0.39 is 0 Å². The Morgan fingerprint density at radius 2 is 2.15 bits per heavy atom. The van der Waals surface area contributed by atoms with Crippen molar-refractivity contribution in [2.75, 3.05) is 13.2 Å². The van der Waals surface area contributed by atoms with Crippen LogP contribution in [0.15, 0.2) is 24.5 Å². The van der Waals surface area contributed by atoms with Gasteiger partial charge in [0.25, 0.3) is 0 Å². The maximum absolute atomic E-state index is 9.32. The summed E-state index contributed by atoms with van der Waals surface area (Å²) in [6.45, 7) is 3.47.